The van der Waals surface area contributed by atoms with Crippen LogP contribution in [0.25, 0.3) is 0 Å². The zero-order valence-corrected chi connectivity index (χ0v) is 12.2. The van der Waals surface area contributed by atoms with Gasteiger partial charge in [-0.1, -0.05) is 0 Å². The fourth-order valence-corrected chi connectivity index (χ4v) is 6.16. The third-order valence-electron chi connectivity index (χ3n) is 6.76. The van der Waals surface area contributed by atoms with E-state index < -0.39 is 0 Å². The van der Waals surface area contributed by atoms with Crippen LogP contribution in [0, 0.1) is 23.7 Å². The summed E-state index contributed by atoms with van der Waals surface area (Å²) >= 11 is 0. The third kappa shape index (κ3) is 1.53. The van der Waals surface area contributed by atoms with E-state index in [9.17, 15) is 0 Å². The molecule has 20 heavy (non-hydrogen) atoms. The van der Waals surface area contributed by atoms with Crippen LogP contribution in [-0.2, 0) is 6.42 Å². The lowest BCUT2D eigenvalue weighted by molar-refractivity contribution is -0.0338. The Morgan fingerprint density at radius 2 is 1.80 bits per heavy atom. The number of fused-ring (bicyclic) bond motifs is 1. The summed E-state index contributed by atoms with van der Waals surface area (Å²) in [6.45, 7) is 0.770. The van der Waals surface area contributed by atoms with Gasteiger partial charge < -0.3 is 5.73 Å². The van der Waals surface area contributed by atoms with Crippen LogP contribution < -0.4 is 5.73 Å². The summed E-state index contributed by atoms with van der Waals surface area (Å²) in [6, 6.07) is 0.715. The van der Waals surface area contributed by atoms with E-state index in [0.717, 1.165) is 30.2 Å². The number of rotatable bonds is 2. The normalized spacial score (nSPS) is 45.0. The Hall–Kier alpha value is -0.830. The van der Waals surface area contributed by atoms with Crippen LogP contribution in [0.3, 0.4) is 0 Å². The van der Waals surface area contributed by atoms with E-state index in [1.54, 1.807) is 0 Å². The number of nitrogens with two attached hydrogens (primary N) is 1. The van der Waals surface area contributed by atoms with Crippen molar-refractivity contribution in [1.82, 2.24) is 9.78 Å². The van der Waals surface area contributed by atoms with E-state index in [2.05, 4.69) is 10.9 Å². The summed E-state index contributed by atoms with van der Waals surface area (Å²) in [5, 5.41) is 5.03. The molecule has 0 amide bonds. The van der Waals surface area contributed by atoms with Gasteiger partial charge in [0, 0.05) is 18.7 Å². The molecule has 4 bridgehead atoms. The fraction of sp³-hybridized carbons (Fsp3) is 0.824. The van der Waals surface area contributed by atoms with Crippen molar-refractivity contribution in [1.29, 1.82) is 0 Å². The average Bonchev–Trinajstić information content (AvgIpc) is 2.97. The van der Waals surface area contributed by atoms with Crippen molar-refractivity contribution in [3.05, 3.63) is 17.5 Å². The SMILES string of the molecule is NCC1CCc2cn(C3C4CC5CC(C4)CC3C5)nc21. The first-order valence-corrected chi connectivity index (χ1v) is 8.59. The van der Waals surface area contributed by atoms with E-state index in [4.69, 9.17) is 10.8 Å². The van der Waals surface area contributed by atoms with E-state index in [1.807, 2.05) is 0 Å². The fourth-order valence-electron chi connectivity index (χ4n) is 6.16. The molecule has 0 aliphatic heterocycles. The summed E-state index contributed by atoms with van der Waals surface area (Å²) in [5.41, 5.74) is 8.73. The van der Waals surface area contributed by atoms with Crippen molar-refractivity contribution in [2.24, 2.45) is 29.4 Å². The molecule has 3 heteroatoms. The molecule has 4 saturated carbocycles. The first-order valence-electron chi connectivity index (χ1n) is 8.59. The van der Waals surface area contributed by atoms with Crippen molar-refractivity contribution in [3.63, 3.8) is 0 Å². The summed E-state index contributed by atoms with van der Waals surface area (Å²) in [4.78, 5) is 0. The van der Waals surface area contributed by atoms with Gasteiger partial charge in [-0.05, 0) is 74.2 Å². The maximum atomic E-state index is 5.90. The van der Waals surface area contributed by atoms with E-state index in [-0.39, 0.29) is 0 Å². The van der Waals surface area contributed by atoms with Crippen LogP contribution in [0.1, 0.15) is 61.7 Å². The van der Waals surface area contributed by atoms with Gasteiger partial charge in [-0.2, -0.15) is 5.10 Å². The third-order valence-corrected chi connectivity index (χ3v) is 6.76. The number of nitrogens with zero attached hydrogens (tertiary/aromatic N) is 2. The quantitative estimate of drug-likeness (QED) is 0.899. The highest BCUT2D eigenvalue weighted by atomic mass is 15.3. The molecule has 108 valence electrons. The zero-order chi connectivity index (χ0) is 13.3. The molecule has 0 saturated heterocycles. The van der Waals surface area contributed by atoms with Gasteiger partial charge in [0.1, 0.15) is 0 Å². The highest BCUT2D eigenvalue weighted by molar-refractivity contribution is 5.27. The number of hydrogen-bond donors (Lipinski definition) is 1. The molecule has 1 aromatic heterocycles. The number of aromatic nitrogens is 2. The Bertz CT molecular complexity index is 504. The van der Waals surface area contributed by atoms with Crippen molar-refractivity contribution in [2.45, 2.75) is 56.9 Å². The highest BCUT2D eigenvalue weighted by Gasteiger charge is 2.49. The molecule has 3 nitrogen and oxygen atoms in total. The second-order valence-corrected chi connectivity index (χ2v) is 7.91. The van der Waals surface area contributed by atoms with Crippen LogP contribution in [0.15, 0.2) is 6.20 Å². The standard InChI is InChI=1S/C17H25N3/c18-8-12-1-2-13-9-20(19-16(12)13)17-14-4-10-3-11(6-14)7-15(17)5-10/h9-12,14-15,17H,1-8,18H2. The van der Waals surface area contributed by atoms with Crippen molar-refractivity contribution >= 4 is 0 Å². The molecule has 0 radical (unpaired) electrons. The summed E-state index contributed by atoms with van der Waals surface area (Å²) in [6.07, 6.45) is 12.2. The molecule has 6 rings (SSSR count). The maximum absolute atomic E-state index is 5.90. The van der Waals surface area contributed by atoms with Crippen LogP contribution >= 0.6 is 0 Å². The predicted octanol–water partition coefficient (Wildman–Crippen LogP) is 2.87. The van der Waals surface area contributed by atoms with Gasteiger partial charge in [0.25, 0.3) is 0 Å². The number of hydrogen-bond acceptors (Lipinski definition) is 2. The second kappa shape index (κ2) is 4.09. The molecule has 5 aliphatic rings. The lowest BCUT2D eigenvalue weighted by Crippen LogP contribution is -2.46. The highest BCUT2D eigenvalue weighted by Crippen LogP contribution is 2.58. The summed E-state index contributed by atoms with van der Waals surface area (Å²) in [5.74, 6) is 4.47. The van der Waals surface area contributed by atoms with Crippen LogP contribution in [-0.4, -0.2) is 16.3 Å². The number of aryl methyl sites for hydroxylation is 1. The van der Waals surface area contributed by atoms with E-state index in [0.29, 0.717) is 12.0 Å². The Balaban J connectivity index is 1.49. The molecule has 1 unspecified atom stereocenters. The van der Waals surface area contributed by atoms with Gasteiger partial charge in [-0.3, -0.25) is 4.68 Å². The topological polar surface area (TPSA) is 43.8 Å². The van der Waals surface area contributed by atoms with Gasteiger partial charge in [0.15, 0.2) is 0 Å². The average molecular weight is 271 g/mol. The molecule has 0 aromatic carbocycles. The largest absolute Gasteiger partial charge is 0.330 e. The molecule has 1 aromatic rings. The molecule has 1 atom stereocenters. The molecule has 4 fully saturated rings. The van der Waals surface area contributed by atoms with Crippen molar-refractivity contribution in [3.8, 4) is 0 Å². The minimum Gasteiger partial charge on any atom is -0.330 e. The Labute approximate surface area is 120 Å². The van der Waals surface area contributed by atoms with E-state index in [1.165, 1.54) is 56.2 Å². The second-order valence-electron chi connectivity index (χ2n) is 7.91. The van der Waals surface area contributed by atoms with Gasteiger partial charge in [-0.25, -0.2) is 0 Å². The Morgan fingerprint density at radius 1 is 1.10 bits per heavy atom. The van der Waals surface area contributed by atoms with Crippen molar-refractivity contribution < 1.29 is 0 Å². The van der Waals surface area contributed by atoms with E-state index >= 15 is 0 Å². The molecule has 2 N–H and O–H groups in total. The minimum absolute atomic E-state index is 0.531. The molecular formula is C17H25N3. The lowest BCUT2D eigenvalue weighted by Gasteiger charge is -2.54. The van der Waals surface area contributed by atoms with Gasteiger partial charge in [0.05, 0.1) is 11.7 Å². The van der Waals surface area contributed by atoms with Gasteiger partial charge >= 0.3 is 0 Å². The Morgan fingerprint density at radius 3 is 2.45 bits per heavy atom. The van der Waals surface area contributed by atoms with Crippen LogP contribution in [0.5, 0.6) is 0 Å². The van der Waals surface area contributed by atoms with Crippen LogP contribution in [0.2, 0.25) is 0 Å². The minimum atomic E-state index is 0.531. The Kier molecular flexibility index (Phi) is 2.41. The van der Waals surface area contributed by atoms with Gasteiger partial charge in [0.2, 0.25) is 0 Å². The summed E-state index contributed by atoms with van der Waals surface area (Å²) < 4.78 is 2.39. The molecular weight excluding hydrogens is 246 g/mol. The van der Waals surface area contributed by atoms with Crippen molar-refractivity contribution in [2.75, 3.05) is 6.54 Å². The first-order chi connectivity index (χ1) is 9.81. The smallest absolute Gasteiger partial charge is 0.0700 e. The molecule has 5 aliphatic carbocycles. The first kappa shape index (κ1) is 11.8. The molecule has 0 spiro atoms. The predicted molar refractivity (Wildman–Crippen MR) is 78.4 cm³/mol. The monoisotopic (exact) mass is 271 g/mol. The van der Waals surface area contributed by atoms with Crippen LogP contribution in [0.4, 0.5) is 0 Å². The molecule has 1 heterocycles. The zero-order valence-electron chi connectivity index (χ0n) is 12.2. The maximum Gasteiger partial charge on any atom is 0.0700 e. The summed E-state index contributed by atoms with van der Waals surface area (Å²) in [7, 11) is 0. The van der Waals surface area contributed by atoms with Gasteiger partial charge in [-0.15, -0.1) is 0 Å². The lowest BCUT2D eigenvalue weighted by atomic mass is 9.54.